The second kappa shape index (κ2) is 7.41. The number of hydrogen-bond donors (Lipinski definition) is 1. The van der Waals surface area contributed by atoms with Gasteiger partial charge in [-0.15, -0.1) is 0 Å². The third-order valence-corrected chi connectivity index (χ3v) is 3.96. The van der Waals surface area contributed by atoms with Gasteiger partial charge in [0.25, 0.3) is 0 Å². The monoisotopic (exact) mass is 275 g/mol. The van der Waals surface area contributed by atoms with Gasteiger partial charge >= 0.3 is 0 Å². The van der Waals surface area contributed by atoms with Crippen molar-refractivity contribution in [3.05, 3.63) is 35.9 Å². The van der Waals surface area contributed by atoms with Crippen LogP contribution in [0.1, 0.15) is 18.4 Å². The fraction of sp³-hybridized carbons (Fsp3) is 0.562. The number of hydrogen-bond acceptors (Lipinski definition) is 3. The van der Waals surface area contributed by atoms with Crippen LogP contribution in [-0.2, 0) is 11.3 Å². The van der Waals surface area contributed by atoms with E-state index in [9.17, 15) is 4.79 Å². The van der Waals surface area contributed by atoms with Gasteiger partial charge in [-0.2, -0.15) is 0 Å². The maximum atomic E-state index is 12.3. The van der Waals surface area contributed by atoms with Crippen molar-refractivity contribution in [3.63, 3.8) is 0 Å². The van der Waals surface area contributed by atoms with E-state index in [4.69, 9.17) is 0 Å². The van der Waals surface area contributed by atoms with E-state index in [-0.39, 0.29) is 5.91 Å². The molecule has 1 aromatic carbocycles. The molecule has 0 saturated carbocycles. The molecule has 4 nitrogen and oxygen atoms in total. The van der Waals surface area contributed by atoms with Gasteiger partial charge in [-0.25, -0.2) is 0 Å². The second-order valence-electron chi connectivity index (χ2n) is 5.60. The molecule has 20 heavy (non-hydrogen) atoms. The lowest BCUT2D eigenvalue weighted by Gasteiger charge is -2.33. The highest BCUT2D eigenvalue weighted by atomic mass is 16.2. The van der Waals surface area contributed by atoms with Gasteiger partial charge in [-0.05, 0) is 32.0 Å². The van der Waals surface area contributed by atoms with Crippen molar-refractivity contribution in [1.29, 1.82) is 0 Å². The van der Waals surface area contributed by atoms with Crippen LogP contribution >= 0.6 is 0 Å². The predicted molar refractivity (Wildman–Crippen MR) is 81.4 cm³/mol. The number of nitrogens with one attached hydrogen (secondary N) is 1. The van der Waals surface area contributed by atoms with Crippen molar-refractivity contribution < 1.29 is 4.79 Å². The van der Waals surface area contributed by atoms with Gasteiger partial charge in [0, 0.05) is 26.2 Å². The molecule has 0 spiro atoms. The molecule has 1 saturated heterocycles. The molecule has 0 aromatic heterocycles. The average Bonchev–Trinajstić information content (AvgIpc) is 2.48. The Morgan fingerprint density at radius 3 is 2.85 bits per heavy atom. The van der Waals surface area contributed by atoms with Crippen molar-refractivity contribution in [3.8, 4) is 0 Å². The first-order chi connectivity index (χ1) is 9.69. The van der Waals surface area contributed by atoms with E-state index < -0.39 is 0 Å². The highest BCUT2D eigenvalue weighted by molar-refractivity contribution is 5.78. The van der Waals surface area contributed by atoms with Gasteiger partial charge in [-0.1, -0.05) is 30.3 Å². The standard InChI is InChI=1S/C16H25N3O/c1-17-15-9-6-10-19(12-15)13-16(20)18(2)11-14-7-4-3-5-8-14/h3-5,7-8,15,17H,6,9-13H2,1-2H3. The summed E-state index contributed by atoms with van der Waals surface area (Å²) in [4.78, 5) is 16.4. The fourth-order valence-electron chi connectivity index (χ4n) is 2.69. The van der Waals surface area contributed by atoms with Crippen LogP contribution < -0.4 is 5.32 Å². The third kappa shape index (κ3) is 4.32. The molecule has 4 heteroatoms. The lowest BCUT2D eigenvalue weighted by molar-refractivity contribution is -0.132. The van der Waals surface area contributed by atoms with E-state index in [1.807, 2.05) is 37.2 Å². The zero-order valence-corrected chi connectivity index (χ0v) is 12.5. The van der Waals surface area contributed by atoms with Crippen LogP contribution in [0.25, 0.3) is 0 Å². The molecule has 1 unspecified atom stereocenters. The van der Waals surface area contributed by atoms with Crippen molar-refractivity contribution in [1.82, 2.24) is 15.1 Å². The Bertz CT molecular complexity index is 421. The minimum Gasteiger partial charge on any atom is -0.340 e. The summed E-state index contributed by atoms with van der Waals surface area (Å²) in [5.74, 6) is 0.200. The summed E-state index contributed by atoms with van der Waals surface area (Å²) in [5, 5.41) is 3.31. The number of carbonyl (C=O) groups excluding carboxylic acids is 1. The number of rotatable bonds is 5. The average molecular weight is 275 g/mol. The van der Waals surface area contributed by atoms with Gasteiger partial charge < -0.3 is 10.2 Å². The van der Waals surface area contributed by atoms with Crippen LogP contribution in [0.15, 0.2) is 30.3 Å². The van der Waals surface area contributed by atoms with Gasteiger partial charge in [0.05, 0.1) is 6.54 Å². The molecule has 1 aromatic rings. The molecule has 0 aliphatic carbocycles. The molecule has 1 aliphatic rings. The van der Waals surface area contributed by atoms with Crippen LogP contribution in [0, 0.1) is 0 Å². The Morgan fingerprint density at radius 1 is 1.40 bits per heavy atom. The van der Waals surface area contributed by atoms with Gasteiger partial charge in [0.15, 0.2) is 0 Å². The second-order valence-corrected chi connectivity index (χ2v) is 5.60. The molecule has 2 rings (SSSR count). The molecular weight excluding hydrogens is 250 g/mol. The van der Waals surface area contributed by atoms with E-state index in [2.05, 4.69) is 22.3 Å². The van der Waals surface area contributed by atoms with Gasteiger partial charge in [-0.3, -0.25) is 9.69 Å². The first kappa shape index (κ1) is 15.0. The van der Waals surface area contributed by atoms with Gasteiger partial charge in [0.2, 0.25) is 5.91 Å². The van der Waals surface area contributed by atoms with E-state index in [1.165, 1.54) is 18.4 Å². The van der Waals surface area contributed by atoms with Crippen molar-refractivity contribution in [2.45, 2.75) is 25.4 Å². The maximum Gasteiger partial charge on any atom is 0.236 e. The number of carbonyl (C=O) groups is 1. The SMILES string of the molecule is CNC1CCCN(CC(=O)N(C)Cc2ccccc2)C1. The largest absolute Gasteiger partial charge is 0.340 e. The minimum absolute atomic E-state index is 0.200. The van der Waals surface area contributed by atoms with Crippen molar-refractivity contribution in [2.75, 3.05) is 33.7 Å². The van der Waals surface area contributed by atoms with E-state index in [0.717, 1.165) is 13.1 Å². The van der Waals surface area contributed by atoms with E-state index in [0.29, 0.717) is 19.1 Å². The summed E-state index contributed by atoms with van der Waals surface area (Å²) in [6, 6.07) is 10.7. The molecule has 1 atom stereocenters. The smallest absolute Gasteiger partial charge is 0.236 e. The van der Waals surface area contributed by atoms with Crippen molar-refractivity contribution >= 4 is 5.91 Å². The van der Waals surface area contributed by atoms with Crippen LogP contribution in [0.4, 0.5) is 0 Å². The Hall–Kier alpha value is -1.39. The lowest BCUT2D eigenvalue weighted by Crippen LogP contribution is -2.48. The van der Waals surface area contributed by atoms with E-state index >= 15 is 0 Å². The molecule has 1 fully saturated rings. The van der Waals surface area contributed by atoms with Crippen LogP contribution in [-0.4, -0.2) is 55.5 Å². The molecule has 1 aliphatic heterocycles. The molecule has 0 bridgehead atoms. The first-order valence-corrected chi connectivity index (χ1v) is 7.36. The third-order valence-electron chi connectivity index (χ3n) is 3.96. The molecule has 110 valence electrons. The van der Waals surface area contributed by atoms with E-state index in [1.54, 1.807) is 0 Å². The first-order valence-electron chi connectivity index (χ1n) is 7.36. The quantitative estimate of drug-likeness (QED) is 0.880. The highest BCUT2D eigenvalue weighted by Crippen LogP contribution is 2.10. The Balaban J connectivity index is 1.81. The molecule has 1 amide bonds. The number of benzene rings is 1. The Morgan fingerprint density at radius 2 is 2.15 bits per heavy atom. The molecule has 1 heterocycles. The van der Waals surface area contributed by atoms with Crippen LogP contribution in [0.3, 0.4) is 0 Å². The Kier molecular flexibility index (Phi) is 5.56. The zero-order chi connectivity index (χ0) is 14.4. The number of likely N-dealkylation sites (N-methyl/N-ethyl adjacent to an activating group) is 2. The van der Waals surface area contributed by atoms with Crippen LogP contribution in [0.5, 0.6) is 0 Å². The van der Waals surface area contributed by atoms with Crippen molar-refractivity contribution in [2.24, 2.45) is 0 Å². The summed E-state index contributed by atoms with van der Waals surface area (Å²) in [5.41, 5.74) is 1.18. The number of piperidine rings is 1. The maximum absolute atomic E-state index is 12.3. The zero-order valence-electron chi connectivity index (χ0n) is 12.5. The predicted octanol–water partition coefficient (Wildman–Crippen LogP) is 1.33. The minimum atomic E-state index is 0.200. The number of amides is 1. The molecule has 0 radical (unpaired) electrons. The number of likely N-dealkylation sites (tertiary alicyclic amines) is 1. The molecule has 1 N–H and O–H groups in total. The Labute approximate surface area is 121 Å². The summed E-state index contributed by atoms with van der Waals surface area (Å²) in [6.07, 6.45) is 2.38. The topological polar surface area (TPSA) is 35.6 Å². The lowest BCUT2D eigenvalue weighted by atomic mass is 10.1. The summed E-state index contributed by atoms with van der Waals surface area (Å²) < 4.78 is 0. The van der Waals surface area contributed by atoms with Crippen LogP contribution in [0.2, 0.25) is 0 Å². The highest BCUT2D eigenvalue weighted by Gasteiger charge is 2.21. The van der Waals surface area contributed by atoms with Gasteiger partial charge in [0.1, 0.15) is 0 Å². The summed E-state index contributed by atoms with van der Waals surface area (Å²) in [7, 11) is 3.88. The number of nitrogens with zero attached hydrogens (tertiary/aromatic N) is 2. The summed E-state index contributed by atoms with van der Waals surface area (Å²) in [6.45, 7) is 3.22. The normalized spacial score (nSPS) is 19.8. The molecular formula is C16H25N3O. The fourth-order valence-corrected chi connectivity index (χ4v) is 2.69. The summed E-state index contributed by atoms with van der Waals surface area (Å²) >= 11 is 0.